The highest BCUT2D eigenvalue weighted by Gasteiger charge is 2.09. The van der Waals surface area contributed by atoms with Crippen LogP contribution in [0.2, 0.25) is 5.02 Å². The Kier molecular flexibility index (Phi) is 4.49. The molecule has 0 spiro atoms. The molecule has 0 unspecified atom stereocenters. The molecule has 3 aromatic rings. The number of benzene rings is 1. The normalized spacial score (nSPS) is 10.1. The van der Waals surface area contributed by atoms with Crippen LogP contribution in [0.4, 0.5) is 17.1 Å². The van der Waals surface area contributed by atoms with E-state index in [4.69, 9.17) is 11.6 Å². The maximum absolute atomic E-state index is 12.3. The third-order valence-electron chi connectivity index (χ3n) is 3.14. The fourth-order valence-electron chi connectivity index (χ4n) is 1.99. The molecule has 1 amide bonds. The Morgan fingerprint density at radius 3 is 2.30 bits per heavy atom. The average molecular weight is 325 g/mol. The summed E-state index contributed by atoms with van der Waals surface area (Å²) in [5.74, 6) is -0.210. The van der Waals surface area contributed by atoms with Crippen LogP contribution in [0.5, 0.6) is 0 Å². The van der Waals surface area contributed by atoms with Gasteiger partial charge in [0.05, 0.1) is 17.6 Å². The molecule has 114 valence electrons. The number of pyridine rings is 2. The molecule has 0 aliphatic heterocycles. The van der Waals surface area contributed by atoms with Gasteiger partial charge in [0.1, 0.15) is 0 Å². The highest BCUT2D eigenvalue weighted by Crippen LogP contribution is 2.25. The third-order valence-corrected chi connectivity index (χ3v) is 3.39. The number of anilines is 3. The number of nitrogens with zero attached hydrogens (tertiary/aromatic N) is 2. The number of nitrogens with one attached hydrogen (secondary N) is 2. The van der Waals surface area contributed by atoms with E-state index < -0.39 is 0 Å². The maximum Gasteiger partial charge on any atom is 0.255 e. The molecule has 0 radical (unpaired) electrons. The summed E-state index contributed by atoms with van der Waals surface area (Å²) < 4.78 is 0. The molecule has 0 aliphatic rings. The average Bonchev–Trinajstić information content (AvgIpc) is 2.59. The minimum Gasteiger partial charge on any atom is -0.353 e. The summed E-state index contributed by atoms with van der Waals surface area (Å²) >= 11 is 5.88. The first-order valence-electron chi connectivity index (χ1n) is 6.90. The molecule has 0 saturated heterocycles. The van der Waals surface area contributed by atoms with Crippen molar-refractivity contribution in [2.45, 2.75) is 0 Å². The minimum atomic E-state index is -0.210. The zero-order valence-electron chi connectivity index (χ0n) is 12.0. The second kappa shape index (κ2) is 6.89. The van der Waals surface area contributed by atoms with Crippen molar-refractivity contribution in [1.29, 1.82) is 0 Å². The molecule has 0 bridgehead atoms. The summed E-state index contributed by atoms with van der Waals surface area (Å²) in [6, 6.07) is 12.3. The fraction of sp³-hybridized carbons (Fsp3) is 0. The molecule has 0 fully saturated rings. The lowest BCUT2D eigenvalue weighted by Crippen LogP contribution is -2.13. The van der Waals surface area contributed by atoms with Crippen LogP contribution in [0, 0.1) is 0 Å². The van der Waals surface area contributed by atoms with Crippen molar-refractivity contribution >= 4 is 34.6 Å². The summed E-state index contributed by atoms with van der Waals surface area (Å²) in [6.45, 7) is 0. The van der Waals surface area contributed by atoms with E-state index in [0.29, 0.717) is 22.0 Å². The van der Waals surface area contributed by atoms with E-state index in [2.05, 4.69) is 20.6 Å². The van der Waals surface area contributed by atoms with Crippen LogP contribution < -0.4 is 10.6 Å². The van der Waals surface area contributed by atoms with E-state index in [0.717, 1.165) is 5.69 Å². The van der Waals surface area contributed by atoms with Crippen LogP contribution in [-0.2, 0) is 0 Å². The van der Waals surface area contributed by atoms with Gasteiger partial charge in [0.15, 0.2) is 0 Å². The van der Waals surface area contributed by atoms with E-state index in [1.165, 1.54) is 0 Å². The van der Waals surface area contributed by atoms with Crippen molar-refractivity contribution in [2.24, 2.45) is 0 Å². The van der Waals surface area contributed by atoms with E-state index in [1.807, 2.05) is 12.1 Å². The zero-order chi connectivity index (χ0) is 16.1. The summed E-state index contributed by atoms with van der Waals surface area (Å²) in [4.78, 5) is 20.3. The van der Waals surface area contributed by atoms with Gasteiger partial charge in [-0.1, -0.05) is 11.6 Å². The Morgan fingerprint density at radius 2 is 1.57 bits per heavy atom. The molecule has 0 aliphatic carbocycles. The largest absolute Gasteiger partial charge is 0.353 e. The summed E-state index contributed by atoms with van der Waals surface area (Å²) in [5.41, 5.74) is 2.71. The number of hydrogen-bond donors (Lipinski definition) is 2. The van der Waals surface area contributed by atoms with Crippen LogP contribution in [0.1, 0.15) is 10.4 Å². The standard InChI is InChI=1S/C17H13ClN4O/c18-13-1-3-14(4-2-13)21-16-11-20-10-7-15(16)22-17(23)12-5-8-19-9-6-12/h1-11,21H,(H,20,22,23). The Labute approximate surface area is 138 Å². The number of carbonyl (C=O) groups excluding carboxylic acids is 1. The van der Waals surface area contributed by atoms with Crippen LogP contribution in [0.3, 0.4) is 0 Å². The topological polar surface area (TPSA) is 66.9 Å². The second-order valence-electron chi connectivity index (χ2n) is 4.74. The van der Waals surface area contributed by atoms with E-state index in [9.17, 15) is 4.79 Å². The van der Waals surface area contributed by atoms with Crippen LogP contribution >= 0.6 is 11.6 Å². The molecular formula is C17H13ClN4O. The first kappa shape index (κ1) is 15.0. The minimum absolute atomic E-state index is 0.210. The van der Waals surface area contributed by atoms with E-state index in [1.54, 1.807) is 55.1 Å². The van der Waals surface area contributed by atoms with Crippen molar-refractivity contribution in [3.63, 3.8) is 0 Å². The fourth-order valence-corrected chi connectivity index (χ4v) is 2.12. The molecule has 0 atom stereocenters. The molecule has 2 aromatic heterocycles. The van der Waals surface area contributed by atoms with Gasteiger partial charge in [-0.05, 0) is 42.5 Å². The van der Waals surface area contributed by atoms with Gasteiger partial charge in [0.2, 0.25) is 0 Å². The van der Waals surface area contributed by atoms with Gasteiger partial charge in [-0.25, -0.2) is 0 Å². The van der Waals surface area contributed by atoms with Gasteiger partial charge < -0.3 is 10.6 Å². The number of halogens is 1. The Morgan fingerprint density at radius 1 is 0.870 bits per heavy atom. The van der Waals surface area contributed by atoms with Gasteiger partial charge in [-0.2, -0.15) is 0 Å². The smallest absolute Gasteiger partial charge is 0.255 e. The van der Waals surface area contributed by atoms with Crippen molar-refractivity contribution in [2.75, 3.05) is 10.6 Å². The SMILES string of the molecule is O=C(Nc1ccncc1Nc1ccc(Cl)cc1)c1ccncc1. The van der Waals surface area contributed by atoms with Crippen LogP contribution in [0.25, 0.3) is 0 Å². The number of carbonyl (C=O) groups is 1. The molecule has 2 heterocycles. The van der Waals surface area contributed by atoms with Crippen molar-refractivity contribution in [3.8, 4) is 0 Å². The van der Waals surface area contributed by atoms with Crippen LogP contribution in [-0.4, -0.2) is 15.9 Å². The Balaban J connectivity index is 1.80. The summed E-state index contributed by atoms with van der Waals surface area (Å²) in [7, 11) is 0. The predicted molar refractivity (Wildman–Crippen MR) is 91.2 cm³/mol. The molecule has 3 rings (SSSR count). The molecule has 0 saturated carbocycles. The maximum atomic E-state index is 12.3. The van der Waals surface area contributed by atoms with Gasteiger partial charge in [-0.15, -0.1) is 0 Å². The summed E-state index contributed by atoms with van der Waals surface area (Å²) in [6.07, 6.45) is 6.43. The number of rotatable bonds is 4. The molecule has 23 heavy (non-hydrogen) atoms. The number of hydrogen-bond acceptors (Lipinski definition) is 4. The molecule has 6 heteroatoms. The quantitative estimate of drug-likeness (QED) is 0.757. The first-order chi connectivity index (χ1) is 11.2. The molecular weight excluding hydrogens is 312 g/mol. The lowest BCUT2D eigenvalue weighted by atomic mass is 10.2. The molecule has 1 aromatic carbocycles. The van der Waals surface area contributed by atoms with Crippen LogP contribution in [0.15, 0.2) is 67.3 Å². The van der Waals surface area contributed by atoms with Gasteiger partial charge in [0.25, 0.3) is 5.91 Å². The van der Waals surface area contributed by atoms with Gasteiger partial charge in [-0.3, -0.25) is 14.8 Å². The van der Waals surface area contributed by atoms with Crippen molar-refractivity contribution < 1.29 is 4.79 Å². The predicted octanol–water partition coefficient (Wildman–Crippen LogP) is 4.13. The highest BCUT2D eigenvalue weighted by molar-refractivity contribution is 6.30. The Hall–Kier alpha value is -2.92. The second-order valence-corrected chi connectivity index (χ2v) is 5.18. The van der Waals surface area contributed by atoms with Gasteiger partial charge >= 0.3 is 0 Å². The first-order valence-corrected chi connectivity index (χ1v) is 7.28. The van der Waals surface area contributed by atoms with Crippen molar-refractivity contribution in [1.82, 2.24) is 9.97 Å². The third kappa shape index (κ3) is 3.84. The zero-order valence-corrected chi connectivity index (χ0v) is 12.8. The summed E-state index contributed by atoms with van der Waals surface area (Å²) in [5, 5.41) is 6.73. The molecule has 5 nitrogen and oxygen atoms in total. The lowest BCUT2D eigenvalue weighted by molar-refractivity contribution is 0.102. The number of amides is 1. The van der Waals surface area contributed by atoms with E-state index >= 15 is 0 Å². The van der Waals surface area contributed by atoms with E-state index in [-0.39, 0.29) is 5.91 Å². The monoisotopic (exact) mass is 324 g/mol. The lowest BCUT2D eigenvalue weighted by Gasteiger charge is -2.12. The van der Waals surface area contributed by atoms with Crippen molar-refractivity contribution in [3.05, 3.63) is 77.8 Å². The highest BCUT2D eigenvalue weighted by atomic mass is 35.5. The van der Waals surface area contributed by atoms with Gasteiger partial charge in [0, 0.05) is 34.9 Å². The Bertz CT molecular complexity index is 806. The molecule has 2 N–H and O–H groups in total. The number of aromatic nitrogens is 2.